The van der Waals surface area contributed by atoms with Crippen LogP contribution in [-0.2, 0) is 19.6 Å². The van der Waals surface area contributed by atoms with E-state index in [1.54, 1.807) is 0 Å². The normalized spacial score (nSPS) is 24.1. The average Bonchev–Trinajstić information content (AvgIpc) is 2.81. The van der Waals surface area contributed by atoms with Crippen molar-refractivity contribution in [2.45, 2.75) is 59.3 Å². The predicted octanol–water partition coefficient (Wildman–Crippen LogP) is 3.62. The number of fused-ring (bicyclic) bond motifs is 4. The summed E-state index contributed by atoms with van der Waals surface area (Å²) in [4.78, 5) is 5.43. The summed E-state index contributed by atoms with van der Waals surface area (Å²) in [6.07, 6.45) is 2.73. The van der Waals surface area contributed by atoms with E-state index in [1.165, 1.54) is 55.0 Å². The number of aryl methyl sites for hydroxylation is 2. The lowest BCUT2D eigenvalue weighted by atomic mass is 9.94. The van der Waals surface area contributed by atoms with Crippen molar-refractivity contribution < 1.29 is 0 Å². The molecule has 140 valence electrons. The van der Waals surface area contributed by atoms with Gasteiger partial charge in [-0.15, -0.1) is 0 Å². The van der Waals surface area contributed by atoms with Crippen LogP contribution in [0.4, 0.5) is 0 Å². The van der Waals surface area contributed by atoms with Crippen molar-refractivity contribution in [3.05, 3.63) is 52.8 Å². The number of aromatic nitrogens is 2. The zero-order valence-corrected chi connectivity index (χ0v) is 16.5. The Morgan fingerprint density at radius 3 is 2.54 bits per heavy atom. The Hall–Kier alpha value is -1.65. The van der Waals surface area contributed by atoms with Gasteiger partial charge in [-0.25, -0.2) is 0 Å². The molecule has 0 radical (unpaired) electrons. The van der Waals surface area contributed by atoms with Crippen LogP contribution in [0.2, 0.25) is 0 Å². The molecule has 0 aliphatic carbocycles. The van der Waals surface area contributed by atoms with Crippen LogP contribution in [0.15, 0.2) is 30.3 Å². The van der Waals surface area contributed by atoms with E-state index in [0.29, 0.717) is 6.04 Å². The lowest BCUT2D eigenvalue weighted by Crippen LogP contribution is -2.43. The van der Waals surface area contributed by atoms with Gasteiger partial charge in [0.25, 0.3) is 0 Å². The van der Waals surface area contributed by atoms with Gasteiger partial charge >= 0.3 is 0 Å². The first-order valence-electron chi connectivity index (χ1n) is 10.2. The quantitative estimate of drug-likeness (QED) is 0.821. The Bertz CT molecular complexity index is 736. The van der Waals surface area contributed by atoms with Gasteiger partial charge in [0.15, 0.2) is 0 Å². The molecular weight excluding hydrogens is 320 g/mol. The fraction of sp³-hybridized carbons (Fsp3) is 0.591. The smallest absolute Gasteiger partial charge is 0.0641 e. The molecule has 4 heterocycles. The predicted molar refractivity (Wildman–Crippen MR) is 106 cm³/mol. The Morgan fingerprint density at radius 2 is 1.81 bits per heavy atom. The third-order valence-corrected chi connectivity index (χ3v) is 6.34. The van der Waals surface area contributed by atoms with E-state index in [9.17, 15) is 0 Å². The van der Waals surface area contributed by atoms with Gasteiger partial charge < -0.3 is 0 Å². The Balaban J connectivity index is 1.47. The van der Waals surface area contributed by atoms with E-state index < -0.39 is 0 Å². The van der Waals surface area contributed by atoms with E-state index >= 15 is 0 Å². The summed E-state index contributed by atoms with van der Waals surface area (Å²) in [5.41, 5.74) is 5.45. The Labute approximate surface area is 157 Å². The highest BCUT2D eigenvalue weighted by Gasteiger charge is 2.35. The maximum absolute atomic E-state index is 4.72. The summed E-state index contributed by atoms with van der Waals surface area (Å²) in [5.74, 6) is 0.805. The SMILES string of the molecule is CCn1nc(C)c(CN2C[C@H]3CC[C@@H](C2)N(Cc2ccccc2)C3)c1C. The van der Waals surface area contributed by atoms with Gasteiger partial charge in [0, 0.05) is 56.6 Å². The zero-order valence-electron chi connectivity index (χ0n) is 16.5. The maximum atomic E-state index is 4.72. The molecule has 3 aliphatic rings. The summed E-state index contributed by atoms with van der Waals surface area (Å²) in [6.45, 7) is 13.4. The molecular formula is C22H32N4. The van der Waals surface area contributed by atoms with Crippen LogP contribution in [-0.4, -0.2) is 45.3 Å². The van der Waals surface area contributed by atoms with Crippen LogP contribution in [0.25, 0.3) is 0 Å². The van der Waals surface area contributed by atoms with Crippen molar-refractivity contribution in [3.63, 3.8) is 0 Å². The zero-order chi connectivity index (χ0) is 18.1. The van der Waals surface area contributed by atoms with Gasteiger partial charge in [-0.2, -0.15) is 5.10 Å². The van der Waals surface area contributed by atoms with E-state index in [1.807, 2.05) is 0 Å². The van der Waals surface area contributed by atoms with Crippen molar-refractivity contribution in [3.8, 4) is 0 Å². The molecule has 1 aromatic carbocycles. The molecule has 4 heteroatoms. The summed E-state index contributed by atoms with van der Waals surface area (Å²) in [6, 6.07) is 11.7. The molecule has 2 bridgehead atoms. The van der Waals surface area contributed by atoms with Gasteiger partial charge in [-0.3, -0.25) is 14.5 Å². The number of benzene rings is 1. The Morgan fingerprint density at radius 1 is 1.00 bits per heavy atom. The van der Waals surface area contributed by atoms with Crippen LogP contribution in [0, 0.1) is 19.8 Å². The molecule has 0 spiro atoms. The molecule has 4 nitrogen and oxygen atoms in total. The van der Waals surface area contributed by atoms with Gasteiger partial charge in [-0.1, -0.05) is 30.3 Å². The second kappa shape index (κ2) is 7.53. The van der Waals surface area contributed by atoms with Crippen LogP contribution in [0.5, 0.6) is 0 Å². The van der Waals surface area contributed by atoms with E-state index in [4.69, 9.17) is 5.10 Å². The van der Waals surface area contributed by atoms with Crippen molar-refractivity contribution >= 4 is 0 Å². The van der Waals surface area contributed by atoms with Crippen LogP contribution < -0.4 is 0 Å². The largest absolute Gasteiger partial charge is 0.297 e. The minimum Gasteiger partial charge on any atom is -0.297 e. The maximum Gasteiger partial charge on any atom is 0.0641 e. The minimum absolute atomic E-state index is 0.691. The van der Waals surface area contributed by atoms with Crippen molar-refractivity contribution in [1.82, 2.24) is 19.6 Å². The second-order valence-corrected chi connectivity index (χ2v) is 8.17. The molecule has 26 heavy (non-hydrogen) atoms. The summed E-state index contributed by atoms with van der Waals surface area (Å²) in [7, 11) is 0. The molecule has 3 aliphatic heterocycles. The molecule has 0 unspecified atom stereocenters. The molecule has 0 saturated carbocycles. The molecule has 2 aromatic rings. The third-order valence-electron chi connectivity index (χ3n) is 6.34. The van der Waals surface area contributed by atoms with Crippen LogP contribution >= 0.6 is 0 Å². The Kier molecular flexibility index (Phi) is 5.14. The molecule has 0 amide bonds. The summed E-state index contributed by atoms with van der Waals surface area (Å²) >= 11 is 0. The average molecular weight is 353 g/mol. The first-order chi connectivity index (χ1) is 12.6. The highest BCUT2D eigenvalue weighted by atomic mass is 15.3. The van der Waals surface area contributed by atoms with Gasteiger partial charge in [0.05, 0.1) is 5.69 Å². The van der Waals surface area contributed by atoms with Gasteiger partial charge in [0.1, 0.15) is 0 Å². The highest BCUT2D eigenvalue weighted by Crippen LogP contribution is 2.30. The molecule has 2 atom stereocenters. The standard InChI is InChI=1S/C22H32N4/c1-4-26-18(3)22(17(2)23-26)16-24-12-20-10-11-21(15-24)25(14-20)13-19-8-6-5-7-9-19/h5-9,20-21H,4,10-16H2,1-3H3/t20-,21+/m1/s1. The fourth-order valence-electron chi connectivity index (χ4n) is 4.91. The van der Waals surface area contributed by atoms with E-state index in [2.05, 4.69) is 65.6 Å². The number of piperidine rings is 1. The summed E-state index contributed by atoms with van der Waals surface area (Å²) < 4.78 is 2.15. The third kappa shape index (κ3) is 3.58. The molecule has 5 rings (SSSR count). The van der Waals surface area contributed by atoms with Crippen molar-refractivity contribution in [2.24, 2.45) is 5.92 Å². The minimum atomic E-state index is 0.691. The number of hydrogen-bond acceptors (Lipinski definition) is 3. The second-order valence-electron chi connectivity index (χ2n) is 8.17. The highest BCUT2D eigenvalue weighted by molar-refractivity contribution is 5.24. The van der Waals surface area contributed by atoms with E-state index in [-0.39, 0.29) is 0 Å². The molecule has 1 aromatic heterocycles. The topological polar surface area (TPSA) is 24.3 Å². The fourth-order valence-corrected chi connectivity index (χ4v) is 4.91. The van der Waals surface area contributed by atoms with E-state index in [0.717, 1.165) is 25.6 Å². The van der Waals surface area contributed by atoms with Gasteiger partial charge in [-0.05, 0) is 45.1 Å². The lowest BCUT2D eigenvalue weighted by molar-refractivity contribution is 0.123. The number of nitrogens with zero attached hydrogens (tertiary/aromatic N) is 4. The van der Waals surface area contributed by atoms with Crippen molar-refractivity contribution in [1.29, 1.82) is 0 Å². The van der Waals surface area contributed by atoms with Crippen LogP contribution in [0.1, 0.15) is 42.3 Å². The first kappa shape index (κ1) is 17.7. The lowest BCUT2D eigenvalue weighted by Gasteiger charge is -2.36. The molecule has 3 fully saturated rings. The van der Waals surface area contributed by atoms with Crippen molar-refractivity contribution in [2.75, 3.05) is 19.6 Å². The number of rotatable bonds is 5. The van der Waals surface area contributed by atoms with Gasteiger partial charge in [0.2, 0.25) is 0 Å². The molecule has 0 N–H and O–H groups in total. The summed E-state index contributed by atoms with van der Waals surface area (Å²) in [5, 5.41) is 4.72. The monoisotopic (exact) mass is 352 g/mol. The number of hydrogen-bond donors (Lipinski definition) is 0. The van der Waals surface area contributed by atoms with Crippen LogP contribution in [0.3, 0.4) is 0 Å². The molecule has 3 saturated heterocycles. The first-order valence-corrected chi connectivity index (χ1v) is 10.2.